The SMILES string of the molecule is COc1ccc2c(c1)c(C(=O)O)c(Cc1ccccc1)n2Cc1ccccc1. The van der Waals surface area contributed by atoms with Gasteiger partial charge in [0, 0.05) is 29.6 Å². The summed E-state index contributed by atoms with van der Waals surface area (Å²) in [6.45, 7) is 0.610. The molecule has 1 heterocycles. The highest BCUT2D eigenvalue weighted by molar-refractivity contribution is 6.05. The Labute approximate surface area is 163 Å². The number of nitrogens with zero attached hydrogens (tertiary/aromatic N) is 1. The van der Waals surface area contributed by atoms with E-state index in [4.69, 9.17) is 4.74 Å². The van der Waals surface area contributed by atoms with Crippen molar-refractivity contribution in [2.75, 3.05) is 7.11 Å². The molecule has 4 nitrogen and oxygen atoms in total. The summed E-state index contributed by atoms with van der Waals surface area (Å²) in [7, 11) is 1.59. The van der Waals surface area contributed by atoms with Crippen molar-refractivity contribution in [1.29, 1.82) is 0 Å². The fourth-order valence-corrected chi connectivity index (χ4v) is 3.67. The number of benzene rings is 3. The van der Waals surface area contributed by atoms with Crippen LogP contribution in [0.25, 0.3) is 10.9 Å². The normalized spacial score (nSPS) is 10.9. The molecule has 1 aromatic heterocycles. The molecule has 4 heteroatoms. The second-order valence-electron chi connectivity index (χ2n) is 6.74. The molecule has 4 aromatic rings. The third-order valence-electron chi connectivity index (χ3n) is 4.99. The Morgan fingerprint density at radius 1 is 0.929 bits per heavy atom. The molecule has 0 spiro atoms. The molecule has 28 heavy (non-hydrogen) atoms. The van der Waals surface area contributed by atoms with Crippen LogP contribution < -0.4 is 4.74 Å². The minimum atomic E-state index is -0.920. The Bertz CT molecular complexity index is 1120. The zero-order valence-corrected chi connectivity index (χ0v) is 15.6. The van der Waals surface area contributed by atoms with E-state index in [1.807, 2.05) is 66.7 Å². The van der Waals surface area contributed by atoms with E-state index in [-0.39, 0.29) is 0 Å². The number of carboxylic acids is 1. The predicted octanol–water partition coefficient (Wildman–Crippen LogP) is 4.99. The summed E-state index contributed by atoms with van der Waals surface area (Å²) in [6.07, 6.45) is 0.548. The number of hydrogen-bond donors (Lipinski definition) is 1. The van der Waals surface area contributed by atoms with Crippen molar-refractivity contribution < 1.29 is 14.6 Å². The lowest BCUT2D eigenvalue weighted by Crippen LogP contribution is -2.09. The fourth-order valence-electron chi connectivity index (χ4n) is 3.67. The summed E-state index contributed by atoms with van der Waals surface area (Å²) in [6, 6.07) is 25.7. The molecule has 0 amide bonds. The van der Waals surface area contributed by atoms with Crippen molar-refractivity contribution in [2.45, 2.75) is 13.0 Å². The first-order chi connectivity index (χ1) is 13.7. The van der Waals surface area contributed by atoms with Crippen molar-refractivity contribution in [3.63, 3.8) is 0 Å². The largest absolute Gasteiger partial charge is 0.497 e. The van der Waals surface area contributed by atoms with E-state index >= 15 is 0 Å². The summed E-state index contributed by atoms with van der Waals surface area (Å²) in [4.78, 5) is 12.2. The van der Waals surface area contributed by atoms with Crippen LogP contribution in [0.2, 0.25) is 0 Å². The van der Waals surface area contributed by atoms with Crippen molar-refractivity contribution >= 4 is 16.9 Å². The van der Waals surface area contributed by atoms with E-state index in [1.165, 1.54) is 0 Å². The first kappa shape index (κ1) is 17.9. The number of aromatic carboxylic acids is 1. The van der Waals surface area contributed by atoms with Crippen molar-refractivity contribution in [2.24, 2.45) is 0 Å². The highest BCUT2D eigenvalue weighted by Crippen LogP contribution is 2.32. The van der Waals surface area contributed by atoms with Crippen molar-refractivity contribution in [3.8, 4) is 5.75 Å². The molecule has 0 bridgehead atoms. The fraction of sp³-hybridized carbons (Fsp3) is 0.125. The molecule has 0 unspecified atom stereocenters. The quantitative estimate of drug-likeness (QED) is 0.520. The molecule has 1 N–H and O–H groups in total. The average Bonchev–Trinajstić information content (AvgIpc) is 3.02. The molecule has 0 saturated heterocycles. The van der Waals surface area contributed by atoms with Gasteiger partial charge in [-0.15, -0.1) is 0 Å². The van der Waals surface area contributed by atoms with E-state index in [0.717, 1.165) is 22.3 Å². The van der Waals surface area contributed by atoms with Crippen LogP contribution in [-0.4, -0.2) is 22.8 Å². The Morgan fingerprint density at radius 3 is 2.18 bits per heavy atom. The van der Waals surface area contributed by atoms with Crippen LogP contribution in [0.5, 0.6) is 5.75 Å². The molecule has 0 aliphatic heterocycles. The van der Waals surface area contributed by atoms with Gasteiger partial charge in [0.25, 0.3) is 0 Å². The Kier molecular flexibility index (Phi) is 4.85. The number of rotatable bonds is 6. The third kappa shape index (κ3) is 3.37. The topological polar surface area (TPSA) is 51.5 Å². The number of hydrogen-bond acceptors (Lipinski definition) is 2. The molecular formula is C24H21NO3. The minimum Gasteiger partial charge on any atom is -0.497 e. The van der Waals surface area contributed by atoms with E-state index in [0.29, 0.717) is 29.7 Å². The molecular weight excluding hydrogens is 350 g/mol. The van der Waals surface area contributed by atoms with E-state index < -0.39 is 5.97 Å². The van der Waals surface area contributed by atoms with Gasteiger partial charge >= 0.3 is 5.97 Å². The number of carboxylic acid groups (broad SMARTS) is 1. The Hall–Kier alpha value is -3.53. The predicted molar refractivity (Wildman–Crippen MR) is 110 cm³/mol. The molecule has 0 atom stereocenters. The van der Waals surface area contributed by atoms with Gasteiger partial charge in [-0.2, -0.15) is 0 Å². The molecule has 0 fully saturated rings. The van der Waals surface area contributed by atoms with Crippen LogP contribution in [0.3, 0.4) is 0 Å². The van der Waals surface area contributed by atoms with Gasteiger partial charge < -0.3 is 14.4 Å². The van der Waals surface area contributed by atoms with Gasteiger partial charge in [0.15, 0.2) is 0 Å². The van der Waals surface area contributed by atoms with Crippen LogP contribution in [0.1, 0.15) is 27.2 Å². The van der Waals surface area contributed by atoms with E-state index in [9.17, 15) is 9.90 Å². The highest BCUT2D eigenvalue weighted by Gasteiger charge is 2.23. The molecule has 0 aliphatic carbocycles. The molecule has 3 aromatic carbocycles. The number of aromatic nitrogens is 1. The second-order valence-corrected chi connectivity index (χ2v) is 6.74. The highest BCUT2D eigenvalue weighted by atomic mass is 16.5. The van der Waals surface area contributed by atoms with Crippen LogP contribution in [0.15, 0.2) is 78.9 Å². The maximum absolute atomic E-state index is 12.2. The number of carbonyl (C=O) groups is 1. The van der Waals surface area contributed by atoms with Crippen LogP contribution in [0, 0.1) is 0 Å². The lowest BCUT2D eigenvalue weighted by molar-refractivity contribution is 0.0697. The lowest BCUT2D eigenvalue weighted by Gasteiger charge is -2.12. The van der Waals surface area contributed by atoms with E-state index in [2.05, 4.69) is 16.7 Å². The van der Waals surface area contributed by atoms with Gasteiger partial charge in [-0.25, -0.2) is 4.79 Å². The molecule has 4 rings (SSSR count). The summed E-state index contributed by atoms with van der Waals surface area (Å²) in [5.74, 6) is -0.269. The minimum absolute atomic E-state index is 0.341. The summed E-state index contributed by atoms with van der Waals surface area (Å²) in [5.41, 5.74) is 4.24. The van der Waals surface area contributed by atoms with Gasteiger partial charge in [0.1, 0.15) is 5.75 Å². The van der Waals surface area contributed by atoms with Gasteiger partial charge in [0.2, 0.25) is 0 Å². The smallest absolute Gasteiger partial charge is 0.338 e. The summed E-state index contributed by atoms with van der Waals surface area (Å²) < 4.78 is 7.45. The number of methoxy groups -OCH3 is 1. The first-order valence-electron chi connectivity index (χ1n) is 9.17. The second kappa shape index (κ2) is 7.61. The van der Waals surface area contributed by atoms with Crippen LogP contribution in [-0.2, 0) is 13.0 Å². The zero-order chi connectivity index (χ0) is 19.5. The van der Waals surface area contributed by atoms with Gasteiger partial charge in [0.05, 0.1) is 12.7 Å². The Morgan fingerprint density at radius 2 is 1.57 bits per heavy atom. The first-order valence-corrected chi connectivity index (χ1v) is 9.17. The number of fused-ring (bicyclic) bond motifs is 1. The zero-order valence-electron chi connectivity index (χ0n) is 15.6. The van der Waals surface area contributed by atoms with Crippen LogP contribution >= 0.6 is 0 Å². The van der Waals surface area contributed by atoms with Gasteiger partial charge in [-0.3, -0.25) is 0 Å². The van der Waals surface area contributed by atoms with E-state index in [1.54, 1.807) is 7.11 Å². The maximum Gasteiger partial charge on any atom is 0.338 e. The monoisotopic (exact) mass is 371 g/mol. The molecule has 0 radical (unpaired) electrons. The van der Waals surface area contributed by atoms with Crippen LogP contribution in [0.4, 0.5) is 0 Å². The summed E-state index contributed by atoms with van der Waals surface area (Å²) >= 11 is 0. The third-order valence-corrected chi connectivity index (χ3v) is 4.99. The number of ether oxygens (including phenoxy) is 1. The summed E-state index contributed by atoms with van der Waals surface area (Å²) in [5, 5.41) is 10.7. The Balaban J connectivity index is 1.95. The standard InChI is InChI=1S/C24H21NO3/c1-28-19-12-13-21-20(15-19)23(24(26)27)22(14-17-8-4-2-5-9-17)25(21)16-18-10-6-3-7-11-18/h2-13,15H,14,16H2,1H3,(H,26,27). The molecule has 0 aliphatic rings. The average molecular weight is 371 g/mol. The van der Waals surface area contributed by atoms with Gasteiger partial charge in [-0.1, -0.05) is 60.7 Å². The molecule has 140 valence electrons. The van der Waals surface area contributed by atoms with Crippen molar-refractivity contribution in [3.05, 3.63) is 101 Å². The molecule has 0 saturated carbocycles. The lowest BCUT2D eigenvalue weighted by atomic mass is 10.0. The van der Waals surface area contributed by atoms with Gasteiger partial charge in [-0.05, 0) is 29.3 Å². The maximum atomic E-state index is 12.2. The van der Waals surface area contributed by atoms with Crippen molar-refractivity contribution in [1.82, 2.24) is 4.57 Å².